The number of furan rings is 1. The van der Waals surface area contributed by atoms with Gasteiger partial charge in [0, 0.05) is 10.8 Å². The number of anilines is 1. The van der Waals surface area contributed by atoms with Crippen molar-refractivity contribution in [2.45, 2.75) is 0 Å². The van der Waals surface area contributed by atoms with E-state index in [0.717, 1.165) is 21.9 Å². The lowest BCUT2D eigenvalue weighted by atomic mass is 10.0. The molecule has 0 bridgehead atoms. The van der Waals surface area contributed by atoms with Gasteiger partial charge in [0.25, 0.3) is 0 Å². The lowest BCUT2D eigenvalue weighted by molar-refractivity contribution is 0.670. The topological polar surface area (TPSA) is 39.2 Å². The van der Waals surface area contributed by atoms with Crippen LogP contribution in [0.5, 0.6) is 0 Å². The standard InChI is InChI=1S/C16H11NO/c17-13-7-3-6-12-15-11-5-2-1-4-10(11)8-9-14(15)18-16(12)13/h1-9H,17H2. The fraction of sp³-hybridized carbons (Fsp3) is 0. The Morgan fingerprint density at radius 3 is 2.56 bits per heavy atom. The van der Waals surface area contributed by atoms with Crippen molar-refractivity contribution in [2.75, 3.05) is 5.73 Å². The third-order valence-electron chi connectivity index (χ3n) is 3.42. The first-order valence-corrected chi connectivity index (χ1v) is 5.93. The molecule has 2 nitrogen and oxygen atoms in total. The van der Waals surface area contributed by atoms with Crippen molar-refractivity contribution in [3.63, 3.8) is 0 Å². The second-order valence-electron chi connectivity index (χ2n) is 4.49. The van der Waals surface area contributed by atoms with Crippen molar-refractivity contribution < 1.29 is 4.42 Å². The minimum atomic E-state index is 0.688. The van der Waals surface area contributed by atoms with Crippen LogP contribution in [0.15, 0.2) is 59.0 Å². The molecule has 0 fully saturated rings. The molecule has 2 heteroatoms. The van der Waals surface area contributed by atoms with E-state index < -0.39 is 0 Å². The van der Waals surface area contributed by atoms with Crippen LogP contribution in [-0.2, 0) is 0 Å². The maximum Gasteiger partial charge on any atom is 0.158 e. The second-order valence-corrected chi connectivity index (χ2v) is 4.49. The third-order valence-corrected chi connectivity index (χ3v) is 3.42. The van der Waals surface area contributed by atoms with Crippen molar-refractivity contribution in [1.29, 1.82) is 0 Å². The van der Waals surface area contributed by atoms with Crippen LogP contribution in [0, 0.1) is 0 Å². The second kappa shape index (κ2) is 3.26. The Balaban J connectivity index is 2.37. The Morgan fingerprint density at radius 1 is 0.778 bits per heavy atom. The van der Waals surface area contributed by atoms with Crippen molar-refractivity contribution in [1.82, 2.24) is 0 Å². The largest absolute Gasteiger partial charge is 0.454 e. The van der Waals surface area contributed by atoms with Crippen molar-refractivity contribution >= 4 is 38.4 Å². The van der Waals surface area contributed by atoms with Gasteiger partial charge in [0.1, 0.15) is 5.58 Å². The highest BCUT2D eigenvalue weighted by molar-refractivity contribution is 6.20. The van der Waals surface area contributed by atoms with Gasteiger partial charge in [-0.05, 0) is 22.9 Å². The SMILES string of the molecule is Nc1cccc2c1oc1ccc3ccccc3c12. The summed E-state index contributed by atoms with van der Waals surface area (Å²) in [5, 5.41) is 4.66. The van der Waals surface area contributed by atoms with Gasteiger partial charge in [0.05, 0.1) is 5.69 Å². The zero-order chi connectivity index (χ0) is 12.1. The summed E-state index contributed by atoms with van der Waals surface area (Å²) in [6.07, 6.45) is 0. The van der Waals surface area contributed by atoms with E-state index in [1.165, 1.54) is 10.8 Å². The molecule has 18 heavy (non-hydrogen) atoms. The van der Waals surface area contributed by atoms with E-state index in [-0.39, 0.29) is 0 Å². The van der Waals surface area contributed by atoms with Crippen LogP contribution in [0.3, 0.4) is 0 Å². The summed E-state index contributed by atoms with van der Waals surface area (Å²) in [6, 6.07) is 18.3. The smallest absolute Gasteiger partial charge is 0.158 e. The van der Waals surface area contributed by atoms with E-state index in [1.807, 2.05) is 30.3 Å². The zero-order valence-electron chi connectivity index (χ0n) is 9.68. The first-order valence-electron chi connectivity index (χ1n) is 5.93. The molecule has 0 unspecified atom stereocenters. The number of benzene rings is 3. The number of hydrogen-bond acceptors (Lipinski definition) is 2. The fourth-order valence-corrected chi connectivity index (χ4v) is 2.59. The molecular formula is C16H11NO. The molecule has 0 atom stereocenters. The van der Waals surface area contributed by atoms with Crippen LogP contribution >= 0.6 is 0 Å². The van der Waals surface area contributed by atoms with Gasteiger partial charge >= 0.3 is 0 Å². The Morgan fingerprint density at radius 2 is 1.61 bits per heavy atom. The lowest BCUT2D eigenvalue weighted by Gasteiger charge is -1.98. The van der Waals surface area contributed by atoms with Gasteiger partial charge in [-0.3, -0.25) is 0 Å². The molecule has 4 rings (SSSR count). The molecule has 1 heterocycles. The molecular weight excluding hydrogens is 222 g/mol. The van der Waals surface area contributed by atoms with Crippen molar-refractivity contribution in [3.05, 3.63) is 54.6 Å². The summed E-state index contributed by atoms with van der Waals surface area (Å²) >= 11 is 0. The van der Waals surface area contributed by atoms with Crippen molar-refractivity contribution in [3.8, 4) is 0 Å². The maximum absolute atomic E-state index is 5.97. The first kappa shape index (κ1) is 9.54. The predicted molar refractivity (Wildman–Crippen MR) is 75.6 cm³/mol. The number of nitrogen functional groups attached to an aromatic ring is 1. The van der Waals surface area contributed by atoms with Gasteiger partial charge < -0.3 is 10.2 Å². The van der Waals surface area contributed by atoms with Gasteiger partial charge in [-0.25, -0.2) is 0 Å². The molecule has 0 amide bonds. The van der Waals surface area contributed by atoms with Crippen LogP contribution in [-0.4, -0.2) is 0 Å². The Bertz CT molecular complexity index is 889. The first-order chi connectivity index (χ1) is 8.84. The van der Waals surface area contributed by atoms with E-state index >= 15 is 0 Å². The van der Waals surface area contributed by atoms with Gasteiger partial charge in [0.15, 0.2) is 5.58 Å². The van der Waals surface area contributed by atoms with Crippen LogP contribution in [0.25, 0.3) is 32.7 Å². The molecule has 0 aliphatic heterocycles. The van der Waals surface area contributed by atoms with E-state index in [1.54, 1.807) is 0 Å². The summed E-state index contributed by atoms with van der Waals surface area (Å²) in [4.78, 5) is 0. The lowest BCUT2D eigenvalue weighted by Crippen LogP contribution is -1.82. The minimum absolute atomic E-state index is 0.688. The maximum atomic E-state index is 5.97. The molecule has 2 N–H and O–H groups in total. The van der Waals surface area contributed by atoms with Gasteiger partial charge in [0.2, 0.25) is 0 Å². The van der Waals surface area contributed by atoms with Crippen molar-refractivity contribution in [2.24, 2.45) is 0 Å². The molecule has 86 valence electrons. The molecule has 1 aromatic heterocycles. The zero-order valence-corrected chi connectivity index (χ0v) is 9.68. The number of rotatable bonds is 0. The van der Waals surface area contributed by atoms with Gasteiger partial charge in [-0.1, -0.05) is 42.5 Å². The fourth-order valence-electron chi connectivity index (χ4n) is 2.59. The molecule has 3 aromatic carbocycles. The number of para-hydroxylation sites is 1. The van der Waals surface area contributed by atoms with E-state index in [9.17, 15) is 0 Å². The summed E-state index contributed by atoms with van der Waals surface area (Å²) in [6.45, 7) is 0. The third kappa shape index (κ3) is 1.12. The molecule has 0 aliphatic rings. The summed E-state index contributed by atoms with van der Waals surface area (Å²) in [5.74, 6) is 0. The molecule has 0 saturated carbocycles. The van der Waals surface area contributed by atoms with E-state index in [4.69, 9.17) is 10.2 Å². The van der Waals surface area contributed by atoms with Crippen LogP contribution in [0.4, 0.5) is 5.69 Å². The van der Waals surface area contributed by atoms with Gasteiger partial charge in [-0.15, -0.1) is 0 Å². The quantitative estimate of drug-likeness (QED) is 0.459. The summed E-state index contributed by atoms with van der Waals surface area (Å²) in [5.41, 5.74) is 8.33. The molecule has 0 aliphatic carbocycles. The molecule has 0 saturated heterocycles. The highest BCUT2D eigenvalue weighted by Gasteiger charge is 2.11. The minimum Gasteiger partial charge on any atom is -0.454 e. The number of fused-ring (bicyclic) bond motifs is 5. The van der Waals surface area contributed by atoms with Crippen LogP contribution in [0.1, 0.15) is 0 Å². The molecule has 4 aromatic rings. The highest BCUT2D eigenvalue weighted by atomic mass is 16.3. The van der Waals surface area contributed by atoms with E-state index in [2.05, 4.69) is 24.3 Å². The number of nitrogens with two attached hydrogens (primary N) is 1. The number of hydrogen-bond donors (Lipinski definition) is 1. The highest BCUT2D eigenvalue weighted by Crippen LogP contribution is 2.36. The molecule has 0 spiro atoms. The Labute approximate surface area is 104 Å². The molecule has 0 radical (unpaired) electrons. The Kier molecular flexibility index (Phi) is 1.73. The monoisotopic (exact) mass is 233 g/mol. The van der Waals surface area contributed by atoms with Crippen LogP contribution in [0.2, 0.25) is 0 Å². The van der Waals surface area contributed by atoms with E-state index in [0.29, 0.717) is 5.69 Å². The van der Waals surface area contributed by atoms with Crippen LogP contribution < -0.4 is 5.73 Å². The average Bonchev–Trinajstić information content (AvgIpc) is 2.79. The Hall–Kier alpha value is -2.48. The summed E-state index contributed by atoms with van der Waals surface area (Å²) in [7, 11) is 0. The summed E-state index contributed by atoms with van der Waals surface area (Å²) < 4.78 is 5.87. The van der Waals surface area contributed by atoms with Gasteiger partial charge in [-0.2, -0.15) is 0 Å². The predicted octanol–water partition coefficient (Wildman–Crippen LogP) is 4.32. The normalized spacial score (nSPS) is 11.6. The average molecular weight is 233 g/mol.